The number of sulfone groups is 1. The first kappa shape index (κ1) is 21.2. The molecule has 1 amide bonds. The monoisotopic (exact) mass is 416 g/mol. The molecule has 0 spiro atoms. The minimum atomic E-state index is -3.17. The third-order valence-electron chi connectivity index (χ3n) is 5.34. The maximum absolute atomic E-state index is 12.4. The zero-order chi connectivity index (χ0) is 20.9. The number of para-hydroxylation sites is 1. The van der Waals surface area contributed by atoms with Gasteiger partial charge in [0.05, 0.1) is 24.2 Å². The summed E-state index contributed by atoms with van der Waals surface area (Å²) in [6.45, 7) is 3.29. The standard InChI is InChI=1S/C22H28N2O4S/c1-3-29(26,27)20-10-8-19(9-11-20)24-14-12-18(13-15-24)23-22(25)16-17-6-4-5-7-21(17)28-2/h4-11,18H,3,12-16H2,1-2H3,(H,23,25). The van der Waals surface area contributed by atoms with Gasteiger partial charge in [-0.05, 0) is 43.2 Å². The van der Waals surface area contributed by atoms with Crippen molar-refractivity contribution < 1.29 is 17.9 Å². The average molecular weight is 417 g/mol. The fourth-order valence-electron chi connectivity index (χ4n) is 3.61. The van der Waals surface area contributed by atoms with Gasteiger partial charge in [-0.3, -0.25) is 4.79 Å². The minimum Gasteiger partial charge on any atom is -0.496 e. The number of hydrogen-bond donors (Lipinski definition) is 1. The second-order valence-corrected chi connectivity index (χ2v) is 9.49. The van der Waals surface area contributed by atoms with Crippen LogP contribution in [-0.2, 0) is 21.1 Å². The molecule has 1 fully saturated rings. The lowest BCUT2D eigenvalue weighted by Crippen LogP contribution is -2.45. The maximum atomic E-state index is 12.4. The zero-order valence-corrected chi connectivity index (χ0v) is 17.7. The van der Waals surface area contributed by atoms with Gasteiger partial charge >= 0.3 is 0 Å². The fourth-order valence-corrected chi connectivity index (χ4v) is 4.50. The largest absolute Gasteiger partial charge is 0.496 e. The Balaban J connectivity index is 1.52. The lowest BCUT2D eigenvalue weighted by molar-refractivity contribution is -0.121. The molecule has 0 bridgehead atoms. The van der Waals surface area contributed by atoms with Crippen LogP contribution >= 0.6 is 0 Å². The molecule has 7 heteroatoms. The molecule has 2 aromatic carbocycles. The summed E-state index contributed by atoms with van der Waals surface area (Å²) in [5.74, 6) is 0.833. The molecule has 0 radical (unpaired) electrons. The molecular weight excluding hydrogens is 388 g/mol. The summed E-state index contributed by atoms with van der Waals surface area (Å²) in [5.41, 5.74) is 1.89. The molecule has 1 N–H and O–H groups in total. The van der Waals surface area contributed by atoms with E-state index in [-0.39, 0.29) is 17.7 Å². The van der Waals surface area contributed by atoms with Crippen molar-refractivity contribution in [3.8, 4) is 5.75 Å². The highest BCUT2D eigenvalue weighted by Crippen LogP contribution is 2.23. The van der Waals surface area contributed by atoms with Crippen molar-refractivity contribution in [1.29, 1.82) is 0 Å². The number of rotatable bonds is 7. The van der Waals surface area contributed by atoms with Crippen molar-refractivity contribution in [3.05, 3.63) is 54.1 Å². The van der Waals surface area contributed by atoms with E-state index < -0.39 is 9.84 Å². The number of hydrogen-bond acceptors (Lipinski definition) is 5. The van der Waals surface area contributed by atoms with Crippen LogP contribution in [0.3, 0.4) is 0 Å². The summed E-state index contributed by atoms with van der Waals surface area (Å²) in [6, 6.07) is 14.8. The van der Waals surface area contributed by atoms with E-state index in [2.05, 4.69) is 10.2 Å². The number of nitrogens with zero attached hydrogens (tertiary/aromatic N) is 1. The first-order valence-corrected chi connectivity index (χ1v) is 11.6. The van der Waals surface area contributed by atoms with E-state index in [4.69, 9.17) is 4.74 Å². The Morgan fingerprint density at radius 3 is 2.38 bits per heavy atom. The summed E-state index contributed by atoms with van der Waals surface area (Å²) in [6.07, 6.45) is 2.01. The molecule has 0 aliphatic carbocycles. The van der Waals surface area contributed by atoms with Crippen LogP contribution in [-0.4, -0.2) is 46.3 Å². The number of anilines is 1. The van der Waals surface area contributed by atoms with Gasteiger partial charge < -0.3 is 15.0 Å². The van der Waals surface area contributed by atoms with Gasteiger partial charge in [-0.1, -0.05) is 25.1 Å². The Morgan fingerprint density at radius 1 is 1.10 bits per heavy atom. The van der Waals surface area contributed by atoms with Gasteiger partial charge in [0.25, 0.3) is 0 Å². The SMILES string of the molecule is CCS(=O)(=O)c1ccc(N2CCC(NC(=O)Cc3ccccc3OC)CC2)cc1. The molecular formula is C22H28N2O4S. The van der Waals surface area contributed by atoms with Crippen molar-refractivity contribution in [2.24, 2.45) is 0 Å². The third kappa shape index (κ3) is 5.29. The third-order valence-corrected chi connectivity index (χ3v) is 7.10. The van der Waals surface area contributed by atoms with Gasteiger partial charge in [0.1, 0.15) is 5.75 Å². The van der Waals surface area contributed by atoms with Crippen molar-refractivity contribution >= 4 is 21.4 Å². The van der Waals surface area contributed by atoms with Crippen LogP contribution < -0.4 is 15.0 Å². The second-order valence-electron chi connectivity index (χ2n) is 7.21. The van der Waals surface area contributed by atoms with Crippen LogP contribution in [0.4, 0.5) is 5.69 Å². The molecule has 1 aliphatic heterocycles. The molecule has 0 aromatic heterocycles. The summed E-state index contributed by atoms with van der Waals surface area (Å²) in [7, 11) is -1.57. The highest BCUT2D eigenvalue weighted by atomic mass is 32.2. The van der Waals surface area contributed by atoms with Crippen LogP contribution in [0.15, 0.2) is 53.4 Å². The van der Waals surface area contributed by atoms with Crippen LogP contribution in [0.1, 0.15) is 25.3 Å². The van der Waals surface area contributed by atoms with Crippen LogP contribution in [0.2, 0.25) is 0 Å². The Morgan fingerprint density at radius 2 is 1.76 bits per heavy atom. The molecule has 3 rings (SSSR count). The molecule has 0 atom stereocenters. The number of piperidine rings is 1. The van der Waals surface area contributed by atoms with Crippen molar-refractivity contribution in [3.63, 3.8) is 0 Å². The van der Waals surface area contributed by atoms with E-state index >= 15 is 0 Å². The predicted octanol–water partition coefficient (Wildman–Crippen LogP) is 2.82. The number of carbonyl (C=O) groups is 1. The zero-order valence-electron chi connectivity index (χ0n) is 16.9. The highest BCUT2D eigenvalue weighted by Gasteiger charge is 2.22. The molecule has 0 saturated carbocycles. The second kappa shape index (κ2) is 9.31. The van der Waals surface area contributed by atoms with E-state index in [1.54, 1.807) is 26.2 Å². The molecule has 29 heavy (non-hydrogen) atoms. The summed E-state index contributed by atoms with van der Waals surface area (Å²) >= 11 is 0. The number of benzene rings is 2. The van der Waals surface area contributed by atoms with Gasteiger partial charge in [-0.2, -0.15) is 0 Å². The van der Waals surface area contributed by atoms with Crippen LogP contribution in [0, 0.1) is 0 Å². The van der Waals surface area contributed by atoms with Crippen LogP contribution in [0.5, 0.6) is 5.75 Å². The lowest BCUT2D eigenvalue weighted by atomic mass is 10.0. The van der Waals surface area contributed by atoms with Gasteiger partial charge in [0, 0.05) is 30.4 Å². The van der Waals surface area contributed by atoms with Crippen molar-refractivity contribution in [2.45, 2.75) is 37.1 Å². The number of nitrogens with one attached hydrogen (secondary N) is 1. The summed E-state index contributed by atoms with van der Waals surface area (Å²) < 4.78 is 29.2. The molecule has 1 heterocycles. The fraction of sp³-hybridized carbons (Fsp3) is 0.409. The first-order chi connectivity index (χ1) is 13.9. The number of methoxy groups -OCH3 is 1. The molecule has 1 aliphatic rings. The smallest absolute Gasteiger partial charge is 0.224 e. The minimum absolute atomic E-state index is 0.00192. The Hall–Kier alpha value is -2.54. The van der Waals surface area contributed by atoms with Crippen molar-refractivity contribution in [1.82, 2.24) is 5.32 Å². The number of ether oxygens (including phenoxy) is 1. The Kier molecular flexibility index (Phi) is 6.79. The molecule has 0 unspecified atom stereocenters. The van der Waals surface area contributed by atoms with E-state index in [0.29, 0.717) is 11.3 Å². The summed E-state index contributed by atoms with van der Waals surface area (Å²) in [5, 5.41) is 3.13. The first-order valence-electron chi connectivity index (χ1n) is 9.92. The quantitative estimate of drug-likeness (QED) is 0.751. The highest BCUT2D eigenvalue weighted by molar-refractivity contribution is 7.91. The van der Waals surface area contributed by atoms with E-state index in [0.717, 1.165) is 42.9 Å². The molecule has 1 saturated heterocycles. The molecule has 156 valence electrons. The normalized spacial score (nSPS) is 15.2. The molecule has 6 nitrogen and oxygen atoms in total. The number of carbonyl (C=O) groups excluding carboxylic acids is 1. The topological polar surface area (TPSA) is 75.7 Å². The van der Waals surface area contributed by atoms with Crippen molar-refractivity contribution in [2.75, 3.05) is 30.9 Å². The predicted molar refractivity (Wildman–Crippen MR) is 114 cm³/mol. The summed E-state index contributed by atoms with van der Waals surface area (Å²) in [4.78, 5) is 15.0. The Bertz CT molecular complexity index is 934. The van der Waals surface area contributed by atoms with E-state index in [1.165, 1.54) is 0 Å². The molecule has 2 aromatic rings. The van der Waals surface area contributed by atoms with Gasteiger partial charge in [-0.25, -0.2) is 8.42 Å². The van der Waals surface area contributed by atoms with Gasteiger partial charge in [0.2, 0.25) is 5.91 Å². The van der Waals surface area contributed by atoms with Gasteiger partial charge in [0.15, 0.2) is 9.84 Å². The lowest BCUT2D eigenvalue weighted by Gasteiger charge is -2.34. The number of amides is 1. The Labute approximate surface area is 172 Å². The maximum Gasteiger partial charge on any atom is 0.224 e. The van der Waals surface area contributed by atoms with Gasteiger partial charge in [-0.15, -0.1) is 0 Å². The van der Waals surface area contributed by atoms with E-state index in [1.807, 2.05) is 36.4 Å². The van der Waals surface area contributed by atoms with E-state index in [9.17, 15) is 13.2 Å². The average Bonchev–Trinajstić information content (AvgIpc) is 2.74. The van der Waals surface area contributed by atoms with Crippen LogP contribution in [0.25, 0.3) is 0 Å².